The van der Waals surface area contributed by atoms with Crippen LogP contribution in [-0.4, -0.2) is 21.5 Å². The molecule has 0 aliphatic carbocycles. The summed E-state index contributed by atoms with van der Waals surface area (Å²) in [6, 6.07) is 2.04. The molecule has 0 spiro atoms. The number of aryl methyl sites for hydroxylation is 1. The SMILES string of the molecule is Cc1ccsc1C(=O)N[C@H](C)Cn1ccnc1. The van der Waals surface area contributed by atoms with Crippen LogP contribution in [0.2, 0.25) is 0 Å². The molecule has 0 fully saturated rings. The van der Waals surface area contributed by atoms with Crippen LogP contribution in [0.4, 0.5) is 0 Å². The van der Waals surface area contributed by atoms with Crippen molar-refractivity contribution in [2.45, 2.75) is 26.4 Å². The maximum absolute atomic E-state index is 11.9. The summed E-state index contributed by atoms with van der Waals surface area (Å²) in [7, 11) is 0. The lowest BCUT2D eigenvalue weighted by molar-refractivity contribution is 0.0940. The van der Waals surface area contributed by atoms with Gasteiger partial charge >= 0.3 is 0 Å². The highest BCUT2D eigenvalue weighted by Gasteiger charge is 2.13. The number of carbonyl (C=O) groups is 1. The largest absolute Gasteiger partial charge is 0.347 e. The summed E-state index contributed by atoms with van der Waals surface area (Å²) in [6.45, 7) is 4.67. The molecule has 5 heteroatoms. The van der Waals surface area contributed by atoms with E-state index in [4.69, 9.17) is 0 Å². The van der Waals surface area contributed by atoms with E-state index in [1.54, 1.807) is 12.5 Å². The van der Waals surface area contributed by atoms with Crippen LogP contribution in [0.25, 0.3) is 0 Å². The zero-order chi connectivity index (χ0) is 12.3. The fourth-order valence-corrected chi connectivity index (χ4v) is 2.48. The highest BCUT2D eigenvalue weighted by molar-refractivity contribution is 7.12. The molecule has 0 aromatic carbocycles. The second-order valence-electron chi connectivity index (χ2n) is 4.07. The number of hydrogen-bond donors (Lipinski definition) is 1. The Morgan fingerprint density at radius 1 is 1.65 bits per heavy atom. The number of imidazole rings is 1. The number of hydrogen-bond acceptors (Lipinski definition) is 3. The molecule has 2 rings (SSSR count). The average molecular weight is 249 g/mol. The summed E-state index contributed by atoms with van der Waals surface area (Å²) in [4.78, 5) is 16.7. The smallest absolute Gasteiger partial charge is 0.261 e. The van der Waals surface area contributed by atoms with Gasteiger partial charge in [-0.15, -0.1) is 11.3 Å². The van der Waals surface area contributed by atoms with Crippen LogP contribution in [0.15, 0.2) is 30.2 Å². The summed E-state index contributed by atoms with van der Waals surface area (Å²) in [6.07, 6.45) is 5.37. The van der Waals surface area contributed by atoms with Gasteiger partial charge < -0.3 is 9.88 Å². The van der Waals surface area contributed by atoms with Crippen LogP contribution >= 0.6 is 11.3 Å². The summed E-state index contributed by atoms with van der Waals surface area (Å²) in [5.74, 6) is 0.00474. The zero-order valence-corrected chi connectivity index (χ0v) is 10.7. The number of nitrogens with one attached hydrogen (secondary N) is 1. The first kappa shape index (κ1) is 11.9. The van der Waals surface area contributed by atoms with E-state index in [0.717, 1.165) is 17.0 Å². The molecule has 0 unspecified atom stereocenters. The van der Waals surface area contributed by atoms with E-state index in [0.29, 0.717) is 0 Å². The molecule has 2 heterocycles. The second kappa shape index (κ2) is 5.14. The molecule has 4 nitrogen and oxygen atoms in total. The molecular formula is C12H15N3OS. The molecule has 0 aliphatic rings. The van der Waals surface area contributed by atoms with E-state index in [1.807, 2.05) is 36.1 Å². The Morgan fingerprint density at radius 3 is 3.06 bits per heavy atom. The molecule has 17 heavy (non-hydrogen) atoms. The van der Waals surface area contributed by atoms with Crippen molar-refractivity contribution >= 4 is 17.2 Å². The molecule has 0 saturated heterocycles. The van der Waals surface area contributed by atoms with Crippen LogP contribution in [0.3, 0.4) is 0 Å². The minimum Gasteiger partial charge on any atom is -0.347 e. The van der Waals surface area contributed by atoms with E-state index < -0.39 is 0 Å². The van der Waals surface area contributed by atoms with E-state index >= 15 is 0 Å². The molecule has 1 amide bonds. The number of carbonyl (C=O) groups excluding carboxylic acids is 1. The molecule has 2 aromatic heterocycles. The van der Waals surface area contributed by atoms with Gasteiger partial charge in [0.2, 0.25) is 0 Å². The van der Waals surface area contributed by atoms with Crippen LogP contribution in [0.5, 0.6) is 0 Å². The average Bonchev–Trinajstić information content (AvgIpc) is 2.88. The van der Waals surface area contributed by atoms with E-state index in [9.17, 15) is 4.79 Å². The third-order valence-corrected chi connectivity index (χ3v) is 3.50. The monoisotopic (exact) mass is 249 g/mol. The van der Waals surface area contributed by atoms with Gasteiger partial charge in [0, 0.05) is 25.0 Å². The van der Waals surface area contributed by atoms with Gasteiger partial charge in [0.1, 0.15) is 0 Å². The van der Waals surface area contributed by atoms with Gasteiger partial charge in [-0.05, 0) is 30.9 Å². The summed E-state index contributed by atoms with van der Waals surface area (Å²) >= 11 is 1.48. The molecule has 0 aliphatic heterocycles. The first-order valence-electron chi connectivity index (χ1n) is 5.47. The number of nitrogens with zero attached hydrogens (tertiary/aromatic N) is 2. The first-order chi connectivity index (χ1) is 8.16. The molecule has 1 N–H and O–H groups in total. The summed E-state index contributed by atoms with van der Waals surface area (Å²) in [5, 5.41) is 4.92. The van der Waals surface area contributed by atoms with Crippen LogP contribution in [0.1, 0.15) is 22.2 Å². The van der Waals surface area contributed by atoms with Gasteiger partial charge in [0.15, 0.2) is 0 Å². The lowest BCUT2D eigenvalue weighted by Crippen LogP contribution is -2.35. The lowest BCUT2D eigenvalue weighted by Gasteiger charge is -2.14. The van der Waals surface area contributed by atoms with Gasteiger partial charge in [0.25, 0.3) is 5.91 Å². The van der Waals surface area contributed by atoms with Gasteiger partial charge in [-0.25, -0.2) is 4.98 Å². The van der Waals surface area contributed by atoms with Gasteiger partial charge in [-0.1, -0.05) is 0 Å². The van der Waals surface area contributed by atoms with Crippen molar-refractivity contribution in [3.63, 3.8) is 0 Å². The van der Waals surface area contributed by atoms with Crippen LogP contribution in [-0.2, 0) is 6.54 Å². The topological polar surface area (TPSA) is 46.9 Å². The molecule has 0 saturated carbocycles. The van der Waals surface area contributed by atoms with E-state index in [2.05, 4.69) is 10.3 Å². The number of amides is 1. The number of thiophene rings is 1. The Morgan fingerprint density at radius 2 is 2.47 bits per heavy atom. The molecule has 1 atom stereocenters. The Bertz CT molecular complexity index is 490. The fraction of sp³-hybridized carbons (Fsp3) is 0.333. The summed E-state index contributed by atoms with van der Waals surface area (Å²) < 4.78 is 1.95. The first-order valence-corrected chi connectivity index (χ1v) is 6.35. The van der Waals surface area contributed by atoms with E-state index in [1.165, 1.54) is 11.3 Å². The van der Waals surface area contributed by atoms with Crippen molar-refractivity contribution in [1.82, 2.24) is 14.9 Å². The van der Waals surface area contributed by atoms with Crippen molar-refractivity contribution in [2.75, 3.05) is 0 Å². The van der Waals surface area contributed by atoms with Crippen molar-refractivity contribution in [3.8, 4) is 0 Å². The molecule has 0 radical (unpaired) electrons. The third kappa shape index (κ3) is 2.94. The molecular weight excluding hydrogens is 234 g/mol. The normalized spacial score (nSPS) is 12.4. The van der Waals surface area contributed by atoms with Gasteiger partial charge in [-0.2, -0.15) is 0 Å². The Balaban J connectivity index is 1.93. The highest BCUT2D eigenvalue weighted by Crippen LogP contribution is 2.15. The van der Waals surface area contributed by atoms with Crippen LogP contribution < -0.4 is 5.32 Å². The number of aromatic nitrogens is 2. The standard InChI is InChI=1S/C12H15N3OS/c1-9-3-6-17-11(9)12(16)14-10(2)7-15-5-4-13-8-15/h3-6,8,10H,7H2,1-2H3,(H,14,16)/t10-/m1/s1. The van der Waals surface area contributed by atoms with Crippen molar-refractivity contribution in [3.05, 3.63) is 40.6 Å². The summed E-state index contributed by atoms with van der Waals surface area (Å²) in [5.41, 5.74) is 1.03. The van der Waals surface area contributed by atoms with Gasteiger partial charge in [-0.3, -0.25) is 4.79 Å². The maximum atomic E-state index is 11.9. The minimum absolute atomic E-state index is 0.00474. The predicted molar refractivity (Wildman–Crippen MR) is 68.2 cm³/mol. The van der Waals surface area contributed by atoms with Crippen molar-refractivity contribution in [2.24, 2.45) is 0 Å². The molecule has 0 bridgehead atoms. The lowest BCUT2D eigenvalue weighted by atomic mass is 10.2. The Labute approximate surface area is 104 Å². The van der Waals surface area contributed by atoms with Gasteiger partial charge in [0.05, 0.1) is 11.2 Å². The quantitative estimate of drug-likeness (QED) is 0.901. The zero-order valence-electron chi connectivity index (χ0n) is 9.88. The second-order valence-corrected chi connectivity index (χ2v) is 4.98. The van der Waals surface area contributed by atoms with Crippen molar-refractivity contribution in [1.29, 1.82) is 0 Å². The molecule has 2 aromatic rings. The number of rotatable bonds is 4. The third-order valence-electron chi connectivity index (χ3n) is 2.49. The Hall–Kier alpha value is -1.62. The molecule has 90 valence electrons. The van der Waals surface area contributed by atoms with Crippen molar-refractivity contribution < 1.29 is 4.79 Å². The Kier molecular flexibility index (Phi) is 3.58. The maximum Gasteiger partial charge on any atom is 0.261 e. The van der Waals surface area contributed by atoms with Crippen LogP contribution in [0, 0.1) is 6.92 Å². The highest BCUT2D eigenvalue weighted by atomic mass is 32.1. The predicted octanol–water partition coefficient (Wildman–Crippen LogP) is 2.07. The minimum atomic E-state index is 0.00474. The fourth-order valence-electron chi connectivity index (χ4n) is 1.65. The van der Waals surface area contributed by atoms with E-state index in [-0.39, 0.29) is 11.9 Å².